The number of sulfone groups is 1. The van der Waals surface area contributed by atoms with Gasteiger partial charge in [-0.25, -0.2) is 13.4 Å². The highest BCUT2D eigenvalue weighted by Gasteiger charge is 2.31. The van der Waals surface area contributed by atoms with Gasteiger partial charge in [0.1, 0.15) is 5.82 Å². The molecule has 0 saturated heterocycles. The second-order valence-electron chi connectivity index (χ2n) is 9.42. The van der Waals surface area contributed by atoms with Gasteiger partial charge in [-0.3, -0.25) is 9.36 Å². The number of benzene rings is 2. The van der Waals surface area contributed by atoms with Gasteiger partial charge in [-0.15, -0.1) is 0 Å². The first-order chi connectivity index (χ1) is 19.1. The van der Waals surface area contributed by atoms with Crippen LogP contribution >= 0.6 is 0 Å². The van der Waals surface area contributed by atoms with E-state index in [1.165, 1.54) is 34.9 Å². The number of aryl methyl sites for hydroxylation is 2. The van der Waals surface area contributed by atoms with Gasteiger partial charge in [0.2, 0.25) is 21.7 Å². The highest BCUT2D eigenvalue weighted by molar-refractivity contribution is 7.91. The minimum atomic E-state index is -4.49. The molecular formula is C30H29FN4O4S. The van der Waals surface area contributed by atoms with Crippen LogP contribution in [0.5, 0.6) is 5.88 Å². The quantitative estimate of drug-likeness (QED) is 0.268. The van der Waals surface area contributed by atoms with E-state index >= 15 is 0 Å². The first-order valence-corrected chi connectivity index (χ1v) is 14.4. The molecular weight excluding hydrogens is 531 g/mol. The highest BCUT2D eigenvalue weighted by Crippen LogP contribution is 2.31. The third-order valence-electron chi connectivity index (χ3n) is 6.78. The summed E-state index contributed by atoms with van der Waals surface area (Å²) in [6.07, 6.45) is 2.24. The van der Waals surface area contributed by atoms with E-state index in [9.17, 15) is 28.0 Å². The van der Waals surface area contributed by atoms with Crippen molar-refractivity contribution >= 4 is 9.84 Å². The average Bonchev–Trinajstić information content (AvgIpc) is 2.93. The van der Waals surface area contributed by atoms with E-state index in [-0.39, 0.29) is 10.7 Å². The minimum Gasteiger partial charge on any atom is -0.492 e. The second kappa shape index (κ2) is 11.8. The van der Waals surface area contributed by atoms with Gasteiger partial charge in [0.05, 0.1) is 22.6 Å². The Hall–Kier alpha value is -4.36. The van der Waals surface area contributed by atoms with Gasteiger partial charge in [0.15, 0.2) is 4.90 Å². The van der Waals surface area contributed by atoms with Crippen LogP contribution in [0.15, 0.2) is 75.2 Å². The van der Waals surface area contributed by atoms with Crippen molar-refractivity contribution in [3.8, 4) is 23.1 Å². The number of pyridine rings is 1. The van der Waals surface area contributed by atoms with Crippen LogP contribution in [0.25, 0.3) is 11.1 Å². The molecule has 2 aromatic carbocycles. The zero-order valence-electron chi connectivity index (χ0n) is 22.4. The van der Waals surface area contributed by atoms with Crippen molar-refractivity contribution in [1.29, 1.82) is 5.26 Å². The summed E-state index contributed by atoms with van der Waals surface area (Å²) in [7, 11) is -4.49. The molecule has 0 amide bonds. The molecule has 0 fully saturated rings. The number of hydrogen-bond donors (Lipinski definition) is 1. The molecule has 2 aromatic heterocycles. The van der Waals surface area contributed by atoms with Crippen LogP contribution in [-0.4, -0.2) is 28.1 Å². The molecule has 8 nitrogen and oxygen atoms in total. The van der Waals surface area contributed by atoms with Gasteiger partial charge in [-0.1, -0.05) is 44.5 Å². The number of rotatable bonds is 9. The third kappa shape index (κ3) is 5.51. The van der Waals surface area contributed by atoms with E-state index in [2.05, 4.69) is 16.0 Å². The topological polar surface area (TPSA) is 126 Å². The molecule has 0 spiro atoms. The van der Waals surface area contributed by atoms with Gasteiger partial charge in [0.25, 0.3) is 5.56 Å². The lowest BCUT2D eigenvalue weighted by atomic mass is 10.0. The predicted molar refractivity (Wildman–Crippen MR) is 148 cm³/mol. The van der Waals surface area contributed by atoms with Gasteiger partial charge in [-0.2, -0.15) is 14.6 Å². The fourth-order valence-corrected chi connectivity index (χ4v) is 6.11. The molecule has 1 N–H and O–H groups in total. The van der Waals surface area contributed by atoms with Crippen LogP contribution in [0, 0.1) is 24.2 Å². The van der Waals surface area contributed by atoms with Crippen LogP contribution in [0.2, 0.25) is 0 Å². The molecule has 0 saturated carbocycles. The maximum absolute atomic E-state index is 14.0. The SMILES string of the molecule is CCCCc1nc(O)c(S(=O)(=O)c2ccc(-c3ccc(F)nc3C)cc2)c(=O)n1[C@@H](CC)c1cccc(C#N)c1. The molecule has 10 heteroatoms. The Labute approximate surface area is 232 Å². The lowest BCUT2D eigenvalue weighted by molar-refractivity contribution is 0.406. The van der Waals surface area contributed by atoms with E-state index < -0.39 is 38.2 Å². The highest BCUT2D eigenvalue weighted by atomic mass is 32.2. The van der Waals surface area contributed by atoms with Gasteiger partial charge in [-0.05, 0) is 67.3 Å². The van der Waals surface area contributed by atoms with Crippen LogP contribution in [0.4, 0.5) is 4.39 Å². The van der Waals surface area contributed by atoms with E-state index in [0.29, 0.717) is 47.2 Å². The number of halogens is 1. The maximum atomic E-state index is 14.0. The Morgan fingerprint density at radius 2 is 1.80 bits per heavy atom. The summed E-state index contributed by atoms with van der Waals surface area (Å²) in [6.45, 7) is 5.47. The summed E-state index contributed by atoms with van der Waals surface area (Å²) in [5, 5.41) is 20.2. The van der Waals surface area contributed by atoms with Gasteiger partial charge >= 0.3 is 0 Å². The summed E-state index contributed by atoms with van der Waals surface area (Å²) >= 11 is 0. The predicted octanol–water partition coefficient (Wildman–Crippen LogP) is 5.50. The van der Waals surface area contributed by atoms with Crippen LogP contribution < -0.4 is 5.56 Å². The molecule has 4 rings (SSSR count). The first kappa shape index (κ1) is 28.6. The standard InChI is InChI=1S/C30H29FN4O4S/c1-4-6-10-27-34-29(36)28(30(37)35(27)25(5-2)22-9-7-8-20(17-22)18-32)40(38,39)23-13-11-21(12-14-23)24-15-16-26(31)33-19(24)3/h7-9,11-17,25,36H,4-6,10H2,1-3H3/t25-/m0/s1. The number of nitriles is 1. The Kier molecular flexibility index (Phi) is 8.45. The Balaban J connectivity index is 1.87. The number of hydrogen-bond acceptors (Lipinski definition) is 7. The van der Waals surface area contributed by atoms with E-state index in [0.717, 1.165) is 6.42 Å². The maximum Gasteiger partial charge on any atom is 0.277 e. The monoisotopic (exact) mass is 560 g/mol. The zero-order chi connectivity index (χ0) is 29.0. The van der Waals surface area contributed by atoms with Crippen molar-refractivity contribution in [1.82, 2.24) is 14.5 Å². The first-order valence-electron chi connectivity index (χ1n) is 12.9. The summed E-state index contributed by atoms with van der Waals surface area (Å²) in [5.74, 6) is -1.20. The lowest BCUT2D eigenvalue weighted by Crippen LogP contribution is -2.33. The molecule has 0 aliphatic heterocycles. The van der Waals surface area contributed by atoms with Crippen molar-refractivity contribution in [3.05, 3.63) is 99.6 Å². The molecule has 0 radical (unpaired) electrons. The van der Waals surface area contributed by atoms with Crippen LogP contribution in [0.1, 0.15) is 61.8 Å². The van der Waals surface area contributed by atoms with Gasteiger partial charge in [0, 0.05) is 17.7 Å². The van der Waals surface area contributed by atoms with E-state index in [1.807, 2.05) is 13.8 Å². The van der Waals surface area contributed by atoms with E-state index in [4.69, 9.17) is 0 Å². The largest absolute Gasteiger partial charge is 0.492 e. The normalized spacial score (nSPS) is 12.2. The lowest BCUT2D eigenvalue weighted by Gasteiger charge is -2.23. The van der Waals surface area contributed by atoms with Crippen molar-refractivity contribution in [2.45, 2.75) is 62.3 Å². The molecule has 4 aromatic rings. The third-order valence-corrected chi connectivity index (χ3v) is 8.57. The van der Waals surface area contributed by atoms with Crippen molar-refractivity contribution in [2.24, 2.45) is 0 Å². The zero-order valence-corrected chi connectivity index (χ0v) is 23.2. The molecule has 40 heavy (non-hydrogen) atoms. The summed E-state index contributed by atoms with van der Waals surface area (Å²) in [5.41, 5.74) is 1.87. The molecule has 0 bridgehead atoms. The molecule has 0 aliphatic carbocycles. The summed E-state index contributed by atoms with van der Waals surface area (Å²) in [6, 6.07) is 16.8. The molecule has 206 valence electrons. The van der Waals surface area contributed by atoms with Crippen molar-refractivity contribution in [2.75, 3.05) is 0 Å². The van der Waals surface area contributed by atoms with Crippen molar-refractivity contribution < 1.29 is 17.9 Å². The number of aromatic hydroxyl groups is 1. The fourth-order valence-electron chi connectivity index (χ4n) is 4.77. The number of aromatic nitrogens is 3. The van der Waals surface area contributed by atoms with Gasteiger partial charge < -0.3 is 5.11 Å². The summed E-state index contributed by atoms with van der Waals surface area (Å²) < 4.78 is 42.3. The summed E-state index contributed by atoms with van der Waals surface area (Å²) in [4.78, 5) is 21.0. The second-order valence-corrected chi connectivity index (χ2v) is 11.3. The average molecular weight is 561 g/mol. The van der Waals surface area contributed by atoms with Crippen LogP contribution in [0.3, 0.4) is 0 Å². The van der Waals surface area contributed by atoms with Crippen molar-refractivity contribution in [3.63, 3.8) is 0 Å². The number of unbranched alkanes of at least 4 members (excludes halogenated alkanes) is 1. The Morgan fingerprint density at radius 1 is 1.07 bits per heavy atom. The molecule has 2 heterocycles. The Bertz CT molecular complexity index is 1760. The number of nitrogens with zero attached hydrogens (tertiary/aromatic N) is 4. The van der Waals surface area contributed by atoms with E-state index in [1.54, 1.807) is 37.3 Å². The smallest absolute Gasteiger partial charge is 0.277 e. The van der Waals surface area contributed by atoms with Crippen LogP contribution in [-0.2, 0) is 16.3 Å². The molecule has 0 unspecified atom stereocenters. The minimum absolute atomic E-state index is 0.203. The Morgan fingerprint density at radius 3 is 2.42 bits per heavy atom. The molecule has 0 aliphatic rings. The fraction of sp³-hybridized carbons (Fsp3) is 0.267. The molecule has 1 atom stereocenters.